The number of esters is 1. The highest BCUT2D eigenvalue weighted by molar-refractivity contribution is 5.75. The van der Waals surface area contributed by atoms with Crippen molar-refractivity contribution < 1.29 is 23.0 Å². The Morgan fingerprint density at radius 1 is 0.914 bits per heavy atom. The standard InChI is InChI=1S/C29H41F2NO3/c1-2-3-4-5-6-7-8-21-9-11-22(12-10-21)20-34-24-15-13-23(14-16-24)29(33)35-25-17-27(30)26(19-32)28(31)18-25/h17-18,21-24H,2-16,20H2,1H3. The monoisotopic (exact) mass is 489 g/mol. The first-order valence-electron chi connectivity index (χ1n) is 13.7. The van der Waals surface area contributed by atoms with Crippen LogP contribution in [0.25, 0.3) is 0 Å². The third kappa shape index (κ3) is 8.86. The van der Waals surface area contributed by atoms with Crippen molar-refractivity contribution in [3.05, 3.63) is 29.3 Å². The van der Waals surface area contributed by atoms with Gasteiger partial charge in [0.1, 0.15) is 29.0 Å². The first-order chi connectivity index (χ1) is 17.0. The lowest BCUT2D eigenvalue weighted by molar-refractivity contribution is -0.141. The summed E-state index contributed by atoms with van der Waals surface area (Å²) in [6.45, 7) is 3.08. The highest BCUT2D eigenvalue weighted by Gasteiger charge is 2.29. The molecule has 0 aliphatic heterocycles. The zero-order valence-corrected chi connectivity index (χ0v) is 21.2. The van der Waals surface area contributed by atoms with Crippen molar-refractivity contribution >= 4 is 5.97 Å². The lowest BCUT2D eigenvalue weighted by Crippen LogP contribution is -2.30. The van der Waals surface area contributed by atoms with Gasteiger partial charge in [-0.1, -0.05) is 64.7 Å². The predicted molar refractivity (Wildman–Crippen MR) is 132 cm³/mol. The SMILES string of the molecule is CCCCCCCCC1CCC(COC2CCC(C(=O)Oc3cc(F)c(C#N)c(F)c3)CC2)CC1. The molecule has 0 aromatic heterocycles. The summed E-state index contributed by atoms with van der Waals surface area (Å²) < 4.78 is 38.9. The van der Waals surface area contributed by atoms with Crippen LogP contribution in [0.4, 0.5) is 8.78 Å². The maximum atomic E-state index is 13.8. The Morgan fingerprint density at radius 3 is 2.14 bits per heavy atom. The van der Waals surface area contributed by atoms with Gasteiger partial charge in [0.25, 0.3) is 0 Å². The molecule has 6 heteroatoms. The van der Waals surface area contributed by atoms with Crippen molar-refractivity contribution in [1.82, 2.24) is 0 Å². The molecule has 1 aromatic rings. The van der Waals surface area contributed by atoms with Crippen molar-refractivity contribution in [1.29, 1.82) is 5.26 Å². The maximum absolute atomic E-state index is 13.8. The quantitative estimate of drug-likeness (QED) is 0.170. The summed E-state index contributed by atoms with van der Waals surface area (Å²) in [4.78, 5) is 12.5. The van der Waals surface area contributed by atoms with Gasteiger partial charge < -0.3 is 9.47 Å². The zero-order chi connectivity index (χ0) is 25.0. The fourth-order valence-corrected chi connectivity index (χ4v) is 5.55. The van der Waals surface area contributed by atoms with Crippen molar-refractivity contribution in [3.8, 4) is 11.8 Å². The fourth-order valence-electron chi connectivity index (χ4n) is 5.55. The van der Waals surface area contributed by atoms with Crippen LogP contribution in [-0.4, -0.2) is 18.7 Å². The molecule has 0 saturated heterocycles. The Morgan fingerprint density at radius 2 is 1.51 bits per heavy atom. The van der Waals surface area contributed by atoms with Crippen LogP contribution in [0.2, 0.25) is 0 Å². The number of carbonyl (C=O) groups is 1. The molecule has 2 saturated carbocycles. The van der Waals surface area contributed by atoms with Gasteiger partial charge in [0, 0.05) is 18.7 Å². The third-order valence-corrected chi connectivity index (χ3v) is 7.85. The van der Waals surface area contributed by atoms with Crippen LogP contribution in [0.5, 0.6) is 5.75 Å². The Balaban J connectivity index is 1.29. The first kappa shape index (κ1) is 27.6. The molecule has 0 atom stereocenters. The summed E-state index contributed by atoms with van der Waals surface area (Å²) >= 11 is 0. The van der Waals surface area contributed by atoms with Crippen molar-refractivity contribution in [2.75, 3.05) is 6.61 Å². The second-order valence-electron chi connectivity index (χ2n) is 10.5. The average molecular weight is 490 g/mol. The fraction of sp³-hybridized carbons (Fsp3) is 0.724. The molecule has 2 fully saturated rings. The van der Waals surface area contributed by atoms with E-state index in [1.54, 1.807) is 0 Å². The number of hydrogen-bond acceptors (Lipinski definition) is 4. The normalized spacial score (nSPS) is 24.6. The van der Waals surface area contributed by atoms with Crippen LogP contribution in [0.1, 0.15) is 109 Å². The van der Waals surface area contributed by atoms with E-state index in [4.69, 9.17) is 14.7 Å². The molecule has 35 heavy (non-hydrogen) atoms. The van der Waals surface area contributed by atoms with Gasteiger partial charge in [0.2, 0.25) is 0 Å². The molecule has 0 heterocycles. The number of nitrogens with zero attached hydrogens (tertiary/aromatic N) is 1. The highest BCUT2D eigenvalue weighted by atomic mass is 19.1. The molecule has 0 amide bonds. The summed E-state index contributed by atoms with van der Waals surface area (Å²) in [6, 6.07) is 3.23. The topological polar surface area (TPSA) is 59.3 Å². The molecular formula is C29H41F2NO3. The van der Waals surface area contributed by atoms with E-state index in [1.807, 2.05) is 0 Å². The molecule has 2 aliphatic carbocycles. The summed E-state index contributed by atoms with van der Waals surface area (Å²) in [5.74, 6) is -1.47. The number of ether oxygens (including phenoxy) is 2. The zero-order valence-electron chi connectivity index (χ0n) is 21.2. The second kappa shape index (κ2) is 14.5. The number of carbonyl (C=O) groups excluding carboxylic acids is 1. The van der Waals surface area contributed by atoms with E-state index in [2.05, 4.69) is 6.92 Å². The minimum absolute atomic E-state index is 0.171. The molecule has 1 aromatic carbocycles. The lowest BCUT2D eigenvalue weighted by Gasteiger charge is -2.31. The van der Waals surface area contributed by atoms with Gasteiger partial charge in [0.15, 0.2) is 0 Å². The minimum atomic E-state index is -1.02. The van der Waals surface area contributed by atoms with E-state index in [-0.39, 0.29) is 17.8 Å². The van der Waals surface area contributed by atoms with Crippen molar-refractivity contribution in [2.45, 2.75) is 109 Å². The first-order valence-corrected chi connectivity index (χ1v) is 13.7. The maximum Gasteiger partial charge on any atom is 0.314 e. The molecule has 0 spiro atoms. The number of rotatable bonds is 12. The summed E-state index contributed by atoms with van der Waals surface area (Å²) in [6.07, 6.45) is 17.9. The lowest BCUT2D eigenvalue weighted by atomic mass is 9.80. The van der Waals surface area contributed by atoms with E-state index >= 15 is 0 Å². The highest BCUT2D eigenvalue weighted by Crippen LogP contribution is 2.34. The molecule has 0 N–H and O–H groups in total. The van der Waals surface area contributed by atoms with Crippen molar-refractivity contribution in [3.63, 3.8) is 0 Å². The molecule has 0 unspecified atom stereocenters. The van der Waals surface area contributed by atoms with Crippen LogP contribution >= 0.6 is 0 Å². The largest absolute Gasteiger partial charge is 0.426 e. The Kier molecular flexibility index (Phi) is 11.5. The minimum Gasteiger partial charge on any atom is -0.426 e. The summed E-state index contributed by atoms with van der Waals surface area (Å²) in [7, 11) is 0. The molecule has 4 nitrogen and oxygen atoms in total. The second-order valence-corrected chi connectivity index (χ2v) is 10.5. The number of unbranched alkanes of at least 4 members (excludes halogenated alkanes) is 5. The number of benzene rings is 1. The molecule has 3 rings (SSSR count). The molecule has 0 radical (unpaired) electrons. The van der Waals surface area contributed by atoms with Crippen LogP contribution in [-0.2, 0) is 9.53 Å². The number of hydrogen-bond donors (Lipinski definition) is 0. The predicted octanol–water partition coefficient (Wildman–Crippen LogP) is 7.87. The molecule has 2 aliphatic rings. The number of nitriles is 1. The summed E-state index contributed by atoms with van der Waals surface area (Å²) in [5, 5.41) is 8.75. The van der Waals surface area contributed by atoms with E-state index in [0.717, 1.165) is 37.5 Å². The van der Waals surface area contributed by atoms with E-state index in [0.29, 0.717) is 18.8 Å². The van der Waals surface area contributed by atoms with Crippen LogP contribution in [0, 0.1) is 40.7 Å². The van der Waals surface area contributed by atoms with Gasteiger partial charge in [0.05, 0.1) is 12.0 Å². The van der Waals surface area contributed by atoms with Gasteiger partial charge in [-0.3, -0.25) is 4.79 Å². The van der Waals surface area contributed by atoms with Gasteiger partial charge in [-0.05, 0) is 50.4 Å². The smallest absolute Gasteiger partial charge is 0.314 e. The molecule has 0 bridgehead atoms. The van der Waals surface area contributed by atoms with Crippen molar-refractivity contribution in [2.24, 2.45) is 17.8 Å². The van der Waals surface area contributed by atoms with Gasteiger partial charge >= 0.3 is 5.97 Å². The van der Waals surface area contributed by atoms with Crippen LogP contribution in [0.3, 0.4) is 0 Å². The Hall–Kier alpha value is -2.00. The number of halogens is 2. The molecule has 194 valence electrons. The van der Waals surface area contributed by atoms with Gasteiger partial charge in [-0.15, -0.1) is 0 Å². The summed E-state index contributed by atoms with van der Waals surface area (Å²) in [5.41, 5.74) is -0.672. The third-order valence-electron chi connectivity index (χ3n) is 7.85. The van der Waals surface area contributed by atoms with E-state index < -0.39 is 23.2 Å². The van der Waals surface area contributed by atoms with Gasteiger partial charge in [-0.25, -0.2) is 8.78 Å². The Bertz CT molecular complexity index is 814. The van der Waals surface area contributed by atoms with E-state index in [9.17, 15) is 13.6 Å². The van der Waals surface area contributed by atoms with Crippen LogP contribution < -0.4 is 4.74 Å². The molecular weight excluding hydrogens is 448 g/mol. The van der Waals surface area contributed by atoms with Gasteiger partial charge in [-0.2, -0.15) is 5.26 Å². The van der Waals surface area contributed by atoms with E-state index in [1.165, 1.54) is 76.7 Å². The average Bonchev–Trinajstić information content (AvgIpc) is 2.86. The van der Waals surface area contributed by atoms with Crippen LogP contribution in [0.15, 0.2) is 12.1 Å². The Labute approximate surface area is 209 Å².